The molecule has 19 heavy (non-hydrogen) atoms. The summed E-state index contributed by atoms with van der Waals surface area (Å²) in [6.07, 6.45) is 3.36. The van der Waals surface area contributed by atoms with E-state index in [9.17, 15) is 0 Å². The van der Waals surface area contributed by atoms with E-state index >= 15 is 0 Å². The van der Waals surface area contributed by atoms with Crippen LogP contribution in [0.5, 0.6) is 0 Å². The molecule has 0 aliphatic rings. The molecule has 0 saturated heterocycles. The minimum atomic E-state index is 0.582. The van der Waals surface area contributed by atoms with E-state index in [4.69, 9.17) is 0 Å². The lowest BCUT2D eigenvalue weighted by Gasteiger charge is -2.13. The SMILES string of the molecule is CCc1ccc(CC(C)c2cccc(CC)c2)cc1. The standard InChI is InChI=1S/C19H24/c1-4-16-9-11-18(12-10-16)13-15(3)19-8-6-7-17(5-2)14-19/h6-12,14-15H,4-5,13H2,1-3H3. The molecule has 0 saturated carbocycles. The fourth-order valence-electron chi connectivity index (χ4n) is 2.50. The second-order valence-electron chi connectivity index (χ2n) is 5.37. The molecule has 100 valence electrons. The third-order valence-corrected chi connectivity index (χ3v) is 3.90. The summed E-state index contributed by atoms with van der Waals surface area (Å²) in [7, 11) is 0. The van der Waals surface area contributed by atoms with Crippen LogP contribution >= 0.6 is 0 Å². The van der Waals surface area contributed by atoms with E-state index in [0.29, 0.717) is 5.92 Å². The van der Waals surface area contributed by atoms with Crippen molar-refractivity contribution in [1.29, 1.82) is 0 Å². The first-order chi connectivity index (χ1) is 9.22. The highest BCUT2D eigenvalue weighted by molar-refractivity contribution is 5.29. The smallest absolute Gasteiger partial charge is 0.0150 e. The Kier molecular flexibility index (Phi) is 4.79. The van der Waals surface area contributed by atoms with Gasteiger partial charge in [0.1, 0.15) is 0 Å². The van der Waals surface area contributed by atoms with E-state index in [-0.39, 0.29) is 0 Å². The van der Waals surface area contributed by atoms with Gasteiger partial charge in [-0.25, -0.2) is 0 Å². The van der Waals surface area contributed by atoms with Crippen LogP contribution in [0.25, 0.3) is 0 Å². The average Bonchev–Trinajstić information content (AvgIpc) is 2.48. The Morgan fingerprint density at radius 1 is 0.789 bits per heavy atom. The molecule has 1 unspecified atom stereocenters. The number of aryl methyl sites for hydroxylation is 2. The van der Waals surface area contributed by atoms with Crippen molar-refractivity contribution < 1.29 is 0 Å². The molecule has 0 nitrogen and oxygen atoms in total. The summed E-state index contributed by atoms with van der Waals surface area (Å²) in [5, 5.41) is 0. The normalized spacial score (nSPS) is 12.4. The molecule has 2 rings (SSSR count). The van der Waals surface area contributed by atoms with Gasteiger partial charge < -0.3 is 0 Å². The van der Waals surface area contributed by atoms with Crippen molar-refractivity contribution in [2.45, 2.75) is 46.0 Å². The van der Waals surface area contributed by atoms with Gasteiger partial charge in [-0.15, -0.1) is 0 Å². The van der Waals surface area contributed by atoms with Crippen molar-refractivity contribution in [1.82, 2.24) is 0 Å². The highest BCUT2D eigenvalue weighted by atomic mass is 14.1. The van der Waals surface area contributed by atoms with Gasteiger partial charge in [-0.3, -0.25) is 0 Å². The molecule has 0 aromatic heterocycles. The van der Waals surface area contributed by atoms with Crippen LogP contribution in [0, 0.1) is 0 Å². The highest BCUT2D eigenvalue weighted by Gasteiger charge is 2.07. The molecule has 0 heteroatoms. The van der Waals surface area contributed by atoms with Gasteiger partial charge in [0.05, 0.1) is 0 Å². The molecular formula is C19H24. The number of benzene rings is 2. The number of rotatable bonds is 5. The largest absolute Gasteiger partial charge is 0.0617 e. The molecule has 1 atom stereocenters. The van der Waals surface area contributed by atoms with Crippen LogP contribution in [0.1, 0.15) is 48.9 Å². The van der Waals surface area contributed by atoms with E-state index in [1.807, 2.05) is 0 Å². The summed E-state index contributed by atoms with van der Waals surface area (Å²) >= 11 is 0. The molecule has 0 spiro atoms. The molecule has 0 amide bonds. The minimum absolute atomic E-state index is 0.582. The van der Waals surface area contributed by atoms with Gasteiger partial charge in [0.25, 0.3) is 0 Å². The highest BCUT2D eigenvalue weighted by Crippen LogP contribution is 2.22. The van der Waals surface area contributed by atoms with Crippen molar-refractivity contribution in [2.24, 2.45) is 0 Å². The van der Waals surface area contributed by atoms with Crippen molar-refractivity contribution in [3.63, 3.8) is 0 Å². The molecular weight excluding hydrogens is 228 g/mol. The average molecular weight is 252 g/mol. The van der Waals surface area contributed by atoms with Gasteiger partial charge in [-0.05, 0) is 47.4 Å². The minimum Gasteiger partial charge on any atom is -0.0617 e. The molecule has 0 N–H and O–H groups in total. The number of hydrogen-bond acceptors (Lipinski definition) is 0. The first-order valence-corrected chi connectivity index (χ1v) is 7.39. The summed E-state index contributed by atoms with van der Waals surface area (Å²) in [5.74, 6) is 0.582. The molecule has 0 aliphatic heterocycles. The molecule has 2 aromatic rings. The summed E-state index contributed by atoms with van der Waals surface area (Å²) in [4.78, 5) is 0. The molecule has 0 bridgehead atoms. The maximum Gasteiger partial charge on any atom is -0.0150 e. The van der Waals surface area contributed by atoms with E-state index in [0.717, 1.165) is 19.3 Å². The number of hydrogen-bond donors (Lipinski definition) is 0. The van der Waals surface area contributed by atoms with Crippen LogP contribution < -0.4 is 0 Å². The van der Waals surface area contributed by atoms with Crippen LogP contribution in [-0.2, 0) is 19.3 Å². The maximum absolute atomic E-state index is 2.35. The molecule has 0 fully saturated rings. The molecule has 0 radical (unpaired) electrons. The van der Waals surface area contributed by atoms with E-state index in [2.05, 4.69) is 69.3 Å². The topological polar surface area (TPSA) is 0 Å². The lowest BCUT2D eigenvalue weighted by molar-refractivity contribution is 0.757. The maximum atomic E-state index is 2.35. The lowest BCUT2D eigenvalue weighted by Crippen LogP contribution is -1.99. The Balaban J connectivity index is 2.08. The Bertz CT molecular complexity index is 508. The fourth-order valence-corrected chi connectivity index (χ4v) is 2.50. The van der Waals surface area contributed by atoms with Crippen molar-refractivity contribution >= 4 is 0 Å². The molecule has 0 aliphatic carbocycles. The third-order valence-electron chi connectivity index (χ3n) is 3.90. The Hall–Kier alpha value is -1.56. The second kappa shape index (κ2) is 6.56. The monoisotopic (exact) mass is 252 g/mol. The van der Waals surface area contributed by atoms with Gasteiger partial charge in [0.2, 0.25) is 0 Å². The van der Waals surface area contributed by atoms with Crippen molar-refractivity contribution in [3.05, 3.63) is 70.8 Å². The van der Waals surface area contributed by atoms with Crippen molar-refractivity contribution in [2.75, 3.05) is 0 Å². The first kappa shape index (κ1) is 13.9. The molecule has 2 aromatic carbocycles. The van der Waals surface area contributed by atoms with Crippen LogP contribution in [0.2, 0.25) is 0 Å². The molecule has 0 heterocycles. The second-order valence-corrected chi connectivity index (χ2v) is 5.37. The van der Waals surface area contributed by atoms with Crippen LogP contribution in [0.3, 0.4) is 0 Å². The summed E-state index contributed by atoms with van der Waals surface area (Å²) in [5.41, 5.74) is 5.75. The summed E-state index contributed by atoms with van der Waals surface area (Å²) < 4.78 is 0. The van der Waals surface area contributed by atoms with E-state index in [1.165, 1.54) is 22.3 Å². The quantitative estimate of drug-likeness (QED) is 0.689. The predicted octanol–water partition coefficient (Wildman–Crippen LogP) is 5.16. The van der Waals surface area contributed by atoms with Gasteiger partial charge in [-0.2, -0.15) is 0 Å². The summed E-state index contributed by atoms with van der Waals surface area (Å²) in [6, 6.07) is 18.1. The van der Waals surface area contributed by atoms with Gasteiger partial charge in [0, 0.05) is 0 Å². The van der Waals surface area contributed by atoms with E-state index < -0.39 is 0 Å². The first-order valence-electron chi connectivity index (χ1n) is 7.39. The zero-order valence-corrected chi connectivity index (χ0v) is 12.3. The van der Waals surface area contributed by atoms with Crippen LogP contribution in [-0.4, -0.2) is 0 Å². The Morgan fingerprint density at radius 2 is 1.42 bits per heavy atom. The van der Waals surface area contributed by atoms with Crippen LogP contribution in [0.4, 0.5) is 0 Å². The van der Waals surface area contributed by atoms with Gasteiger partial charge in [-0.1, -0.05) is 69.3 Å². The zero-order chi connectivity index (χ0) is 13.7. The fraction of sp³-hybridized carbons (Fsp3) is 0.368. The third kappa shape index (κ3) is 3.70. The predicted molar refractivity (Wildman–Crippen MR) is 83.8 cm³/mol. The Morgan fingerprint density at radius 3 is 2.05 bits per heavy atom. The van der Waals surface area contributed by atoms with Gasteiger partial charge in [0.15, 0.2) is 0 Å². The lowest BCUT2D eigenvalue weighted by atomic mass is 9.92. The summed E-state index contributed by atoms with van der Waals surface area (Å²) in [6.45, 7) is 6.74. The van der Waals surface area contributed by atoms with Crippen molar-refractivity contribution in [3.8, 4) is 0 Å². The van der Waals surface area contributed by atoms with Crippen LogP contribution in [0.15, 0.2) is 48.5 Å². The zero-order valence-electron chi connectivity index (χ0n) is 12.3. The van der Waals surface area contributed by atoms with E-state index in [1.54, 1.807) is 0 Å². The Labute approximate surface area is 117 Å². The van der Waals surface area contributed by atoms with Gasteiger partial charge >= 0.3 is 0 Å².